The minimum atomic E-state index is -0.602. The highest BCUT2D eigenvalue weighted by Gasteiger charge is 2.21. The van der Waals surface area contributed by atoms with E-state index in [1.807, 2.05) is 0 Å². The zero-order valence-corrected chi connectivity index (χ0v) is 12.7. The van der Waals surface area contributed by atoms with E-state index in [2.05, 4.69) is 0 Å². The second-order valence-corrected chi connectivity index (χ2v) is 5.34. The number of carbonyl (C=O) groups is 2. The highest BCUT2D eigenvalue weighted by Crippen LogP contribution is 2.24. The van der Waals surface area contributed by atoms with Crippen LogP contribution in [0.4, 0.5) is 11.4 Å². The van der Waals surface area contributed by atoms with Gasteiger partial charge in [-0.15, -0.1) is 0 Å². The van der Waals surface area contributed by atoms with Crippen LogP contribution in [0.25, 0.3) is 0 Å². The number of rotatable bonds is 4. The smallest absolute Gasteiger partial charge is 0.343 e. The molecule has 24 heavy (non-hydrogen) atoms. The summed E-state index contributed by atoms with van der Waals surface area (Å²) in [5.74, 6) is -0.172. The van der Waals surface area contributed by atoms with Crippen molar-refractivity contribution in [2.24, 2.45) is 0 Å². The van der Waals surface area contributed by atoms with E-state index in [9.17, 15) is 19.7 Å². The number of ether oxygens (including phenoxy) is 1. The maximum Gasteiger partial charge on any atom is 0.343 e. The predicted molar refractivity (Wildman–Crippen MR) is 86.1 cm³/mol. The summed E-state index contributed by atoms with van der Waals surface area (Å²) in [6.45, 7) is 0.695. The van der Waals surface area contributed by atoms with Gasteiger partial charge in [0.1, 0.15) is 5.75 Å². The Morgan fingerprint density at radius 3 is 2.29 bits per heavy atom. The molecule has 3 rings (SSSR count). The Kier molecular flexibility index (Phi) is 4.24. The minimum absolute atomic E-state index is 0.0885. The third-order valence-electron chi connectivity index (χ3n) is 3.75. The quantitative estimate of drug-likeness (QED) is 0.373. The lowest BCUT2D eigenvalue weighted by Gasteiger charge is -2.15. The van der Waals surface area contributed by atoms with E-state index in [0.29, 0.717) is 18.7 Å². The number of amides is 1. The number of anilines is 1. The van der Waals surface area contributed by atoms with Gasteiger partial charge >= 0.3 is 5.97 Å². The Bertz CT molecular complexity index is 784. The lowest BCUT2D eigenvalue weighted by Crippen LogP contribution is -2.23. The minimum Gasteiger partial charge on any atom is -0.423 e. The van der Waals surface area contributed by atoms with Gasteiger partial charge in [0.05, 0.1) is 10.5 Å². The largest absolute Gasteiger partial charge is 0.423 e. The van der Waals surface area contributed by atoms with Crippen molar-refractivity contribution in [3.8, 4) is 5.75 Å². The van der Waals surface area contributed by atoms with Gasteiger partial charge in [-0.3, -0.25) is 14.9 Å². The van der Waals surface area contributed by atoms with Crippen molar-refractivity contribution in [3.63, 3.8) is 0 Å². The van der Waals surface area contributed by atoms with Crippen molar-refractivity contribution in [2.45, 2.75) is 12.8 Å². The van der Waals surface area contributed by atoms with Gasteiger partial charge < -0.3 is 9.64 Å². The number of non-ortho nitro benzene ring substituents is 1. The number of nitro groups is 1. The summed E-state index contributed by atoms with van der Waals surface area (Å²) >= 11 is 0. The number of hydrogen-bond donors (Lipinski definition) is 0. The van der Waals surface area contributed by atoms with E-state index in [-0.39, 0.29) is 17.2 Å². The molecule has 0 saturated carbocycles. The molecular weight excluding hydrogens is 312 g/mol. The summed E-state index contributed by atoms with van der Waals surface area (Å²) in [6.07, 6.45) is 1.40. The monoisotopic (exact) mass is 326 g/mol. The predicted octanol–water partition coefficient (Wildman–Crippen LogP) is 2.94. The Morgan fingerprint density at radius 1 is 1.08 bits per heavy atom. The molecule has 0 aromatic heterocycles. The van der Waals surface area contributed by atoms with Crippen molar-refractivity contribution in [1.29, 1.82) is 0 Å². The molecule has 7 nitrogen and oxygen atoms in total. The Balaban J connectivity index is 1.68. The van der Waals surface area contributed by atoms with Gasteiger partial charge in [0.25, 0.3) is 5.69 Å². The summed E-state index contributed by atoms with van der Waals surface area (Å²) < 4.78 is 5.23. The molecule has 1 amide bonds. The third kappa shape index (κ3) is 3.24. The molecule has 1 aliphatic rings. The molecule has 0 bridgehead atoms. The van der Waals surface area contributed by atoms with Crippen LogP contribution in [-0.2, 0) is 4.79 Å². The van der Waals surface area contributed by atoms with Crippen molar-refractivity contribution in [1.82, 2.24) is 0 Å². The molecule has 0 N–H and O–H groups in total. The molecule has 1 saturated heterocycles. The van der Waals surface area contributed by atoms with E-state index in [4.69, 9.17) is 4.74 Å². The van der Waals surface area contributed by atoms with Gasteiger partial charge in [0.2, 0.25) is 5.91 Å². The molecule has 1 aliphatic heterocycles. The summed E-state index contributed by atoms with van der Waals surface area (Å²) in [5, 5.41) is 10.6. The lowest BCUT2D eigenvalue weighted by atomic mass is 10.2. The SMILES string of the molecule is O=C(Oc1ccc(N2CCCC2=O)cc1)c1ccc([N+](=O)[O-])cc1. The Hall–Kier alpha value is -3.22. The van der Waals surface area contributed by atoms with Gasteiger partial charge in [0, 0.05) is 30.8 Å². The number of nitrogens with zero attached hydrogens (tertiary/aromatic N) is 2. The summed E-state index contributed by atoms with van der Waals surface area (Å²) in [5.41, 5.74) is 0.901. The molecule has 0 aliphatic carbocycles. The highest BCUT2D eigenvalue weighted by atomic mass is 16.6. The van der Waals surface area contributed by atoms with E-state index in [1.54, 1.807) is 29.2 Å². The Labute approximate surface area is 137 Å². The van der Waals surface area contributed by atoms with Crippen LogP contribution in [0.3, 0.4) is 0 Å². The van der Waals surface area contributed by atoms with E-state index in [0.717, 1.165) is 12.1 Å². The van der Waals surface area contributed by atoms with Crippen LogP contribution < -0.4 is 9.64 Å². The number of benzene rings is 2. The first-order valence-corrected chi connectivity index (χ1v) is 7.41. The second kappa shape index (κ2) is 6.49. The fraction of sp³-hybridized carbons (Fsp3) is 0.176. The fourth-order valence-electron chi connectivity index (χ4n) is 2.50. The molecule has 1 heterocycles. The van der Waals surface area contributed by atoms with Crippen LogP contribution in [0.5, 0.6) is 5.75 Å². The number of esters is 1. The average Bonchev–Trinajstić information content (AvgIpc) is 3.01. The van der Waals surface area contributed by atoms with E-state index >= 15 is 0 Å². The molecule has 0 unspecified atom stereocenters. The molecule has 0 radical (unpaired) electrons. The van der Waals surface area contributed by atoms with Crippen LogP contribution in [0.1, 0.15) is 23.2 Å². The number of hydrogen-bond acceptors (Lipinski definition) is 5. The van der Waals surface area contributed by atoms with E-state index < -0.39 is 10.9 Å². The second-order valence-electron chi connectivity index (χ2n) is 5.34. The molecule has 2 aromatic rings. The normalized spacial score (nSPS) is 13.8. The molecule has 122 valence electrons. The highest BCUT2D eigenvalue weighted by molar-refractivity contribution is 5.95. The maximum absolute atomic E-state index is 12.0. The first-order valence-electron chi connectivity index (χ1n) is 7.41. The standard InChI is InChI=1S/C17H14N2O5/c20-16-2-1-11-18(16)13-7-9-15(10-8-13)24-17(21)12-3-5-14(6-4-12)19(22)23/h3-10H,1-2,11H2. The number of nitro benzene ring substituents is 1. The first-order chi connectivity index (χ1) is 11.5. The third-order valence-corrected chi connectivity index (χ3v) is 3.75. The van der Waals surface area contributed by atoms with Crippen molar-refractivity contribution in [3.05, 3.63) is 64.2 Å². The van der Waals surface area contributed by atoms with Gasteiger partial charge in [-0.2, -0.15) is 0 Å². The van der Waals surface area contributed by atoms with Crippen LogP contribution >= 0.6 is 0 Å². The molecule has 2 aromatic carbocycles. The first kappa shape index (κ1) is 15.7. The number of carbonyl (C=O) groups excluding carboxylic acids is 2. The van der Waals surface area contributed by atoms with Gasteiger partial charge in [-0.05, 0) is 42.8 Å². The van der Waals surface area contributed by atoms with Crippen LogP contribution in [0.15, 0.2) is 48.5 Å². The molecular formula is C17H14N2O5. The van der Waals surface area contributed by atoms with Crippen molar-refractivity contribution < 1.29 is 19.2 Å². The molecule has 1 fully saturated rings. The summed E-state index contributed by atoms with van der Waals surface area (Å²) in [4.78, 5) is 35.5. The van der Waals surface area contributed by atoms with Crippen molar-refractivity contribution >= 4 is 23.3 Å². The Morgan fingerprint density at radius 2 is 1.75 bits per heavy atom. The van der Waals surface area contributed by atoms with Crippen LogP contribution in [-0.4, -0.2) is 23.3 Å². The summed E-state index contributed by atoms with van der Waals surface area (Å²) in [6, 6.07) is 11.9. The van der Waals surface area contributed by atoms with Gasteiger partial charge in [0.15, 0.2) is 0 Å². The fourth-order valence-corrected chi connectivity index (χ4v) is 2.50. The van der Waals surface area contributed by atoms with Crippen LogP contribution in [0, 0.1) is 10.1 Å². The van der Waals surface area contributed by atoms with Crippen molar-refractivity contribution in [2.75, 3.05) is 11.4 Å². The molecule has 0 spiro atoms. The van der Waals surface area contributed by atoms with E-state index in [1.165, 1.54) is 24.3 Å². The lowest BCUT2D eigenvalue weighted by molar-refractivity contribution is -0.384. The van der Waals surface area contributed by atoms with Crippen LogP contribution in [0.2, 0.25) is 0 Å². The topological polar surface area (TPSA) is 89.8 Å². The zero-order chi connectivity index (χ0) is 17.1. The zero-order valence-electron chi connectivity index (χ0n) is 12.7. The maximum atomic E-state index is 12.0. The van der Waals surface area contributed by atoms with Gasteiger partial charge in [-0.1, -0.05) is 0 Å². The molecule has 7 heteroatoms. The summed E-state index contributed by atoms with van der Waals surface area (Å²) in [7, 11) is 0. The van der Waals surface area contributed by atoms with Gasteiger partial charge in [-0.25, -0.2) is 4.79 Å². The molecule has 0 atom stereocenters. The average molecular weight is 326 g/mol.